The average Bonchev–Trinajstić information content (AvgIpc) is 3.07. The molecule has 0 N–H and O–H groups in total. The molecule has 2 heterocycles. The Hall–Kier alpha value is -3.14. The Labute approximate surface area is 152 Å². The zero-order valence-electron chi connectivity index (χ0n) is 15.1. The minimum atomic E-state index is -0.177. The molecule has 0 aliphatic rings. The summed E-state index contributed by atoms with van der Waals surface area (Å²) in [7, 11) is 1.78. The predicted octanol–water partition coefficient (Wildman–Crippen LogP) is 5.13. The van der Waals surface area contributed by atoms with Crippen molar-refractivity contribution in [2.45, 2.75) is 20.3 Å². The van der Waals surface area contributed by atoms with Gasteiger partial charge in [-0.2, -0.15) is 0 Å². The Morgan fingerprint density at radius 2 is 1.88 bits per heavy atom. The van der Waals surface area contributed by atoms with Gasteiger partial charge in [-0.1, -0.05) is 37.3 Å². The first kappa shape index (κ1) is 16.3. The first-order valence-electron chi connectivity index (χ1n) is 8.73. The molecule has 0 saturated carbocycles. The molecule has 4 nitrogen and oxygen atoms in total. The smallest absolute Gasteiger partial charge is 0.293 e. The van der Waals surface area contributed by atoms with Gasteiger partial charge in [-0.3, -0.25) is 4.79 Å². The van der Waals surface area contributed by atoms with E-state index in [2.05, 4.69) is 18.0 Å². The van der Waals surface area contributed by atoms with Crippen molar-refractivity contribution in [1.29, 1.82) is 0 Å². The molecule has 0 saturated heterocycles. The zero-order chi connectivity index (χ0) is 18.3. The third-order valence-corrected chi connectivity index (χ3v) is 4.71. The summed E-state index contributed by atoms with van der Waals surface area (Å²) in [5, 5.41) is 1.87. The number of aromatic nitrogens is 1. The van der Waals surface area contributed by atoms with E-state index in [1.54, 1.807) is 18.0 Å². The fourth-order valence-corrected chi connectivity index (χ4v) is 3.25. The Morgan fingerprint density at radius 1 is 1.08 bits per heavy atom. The van der Waals surface area contributed by atoms with Gasteiger partial charge >= 0.3 is 0 Å². The summed E-state index contributed by atoms with van der Waals surface area (Å²) in [5.41, 5.74) is 4.52. The quantitative estimate of drug-likeness (QED) is 0.518. The van der Waals surface area contributed by atoms with Crippen LogP contribution in [0.4, 0.5) is 5.69 Å². The van der Waals surface area contributed by atoms with Gasteiger partial charge in [0.25, 0.3) is 5.91 Å². The van der Waals surface area contributed by atoms with E-state index in [4.69, 9.17) is 4.42 Å². The highest BCUT2D eigenvalue weighted by atomic mass is 16.4. The number of anilines is 1. The van der Waals surface area contributed by atoms with Gasteiger partial charge in [-0.25, -0.2) is 4.98 Å². The highest BCUT2D eigenvalue weighted by molar-refractivity contribution is 6.06. The van der Waals surface area contributed by atoms with Gasteiger partial charge in [-0.05, 0) is 48.7 Å². The normalized spacial score (nSPS) is 11.2. The van der Waals surface area contributed by atoms with E-state index in [-0.39, 0.29) is 5.91 Å². The van der Waals surface area contributed by atoms with Gasteiger partial charge in [0.05, 0.1) is 5.52 Å². The zero-order valence-corrected chi connectivity index (χ0v) is 15.1. The molecule has 0 radical (unpaired) electrons. The fourth-order valence-electron chi connectivity index (χ4n) is 3.25. The lowest BCUT2D eigenvalue weighted by Gasteiger charge is -2.19. The average molecular weight is 344 g/mol. The standard InChI is InChI=1S/C22H20N2O2/c1-4-15-7-5-6-8-19(15)24(3)22(25)20-13-17-12-16-10-9-14(2)11-18(16)23-21(17)26-20/h5-13H,4H2,1-3H3. The van der Waals surface area contributed by atoms with Gasteiger partial charge in [0, 0.05) is 23.5 Å². The minimum Gasteiger partial charge on any atom is -0.433 e. The molecular weight excluding hydrogens is 324 g/mol. The molecule has 130 valence electrons. The van der Waals surface area contributed by atoms with Crippen molar-refractivity contribution >= 4 is 33.6 Å². The van der Waals surface area contributed by atoms with E-state index < -0.39 is 0 Å². The highest BCUT2D eigenvalue weighted by Crippen LogP contribution is 2.26. The van der Waals surface area contributed by atoms with E-state index in [1.165, 1.54) is 0 Å². The number of furan rings is 1. The Balaban J connectivity index is 1.75. The Bertz CT molecular complexity index is 1130. The summed E-state index contributed by atoms with van der Waals surface area (Å²) in [6.07, 6.45) is 0.861. The number of hydrogen-bond acceptors (Lipinski definition) is 3. The number of amides is 1. The van der Waals surface area contributed by atoms with Crippen molar-refractivity contribution in [3.63, 3.8) is 0 Å². The van der Waals surface area contributed by atoms with Crippen LogP contribution in [0.1, 0.15) is 28.6 Å². The lowest BCUT2D eigenvalue weighted by atomic mass is 10.1. The molecule has 0 spiro atoms. The fraction of sp³-hybridized carbons (Fsp3) is 0.182. The second kappa shape index (κ2) is 6.30. The maximum atomic E-state index is 12.9. The lowest BCUT2D eigenvalue weighted by molar-refractivity contribution is 0.0968. The highest BCUT2D eigenvalue weighted by Gasteiger charge is 2.20. The lowest BCUT2D eigenvalue weighted by Crippen LogP contribution is -2.26. The van der Waals surface area contributed by atoms with Crippen LogP contribution >= 0.6 is 0 Å². The summed E-state index contributed by atoms with van der Waals surface area (Å²) < 4.78 is 5.79. The molecule has 0 atom stereocenters. The van der Waals surface area contributed by atoms with Crippen LogP contribution in [0.2, 0.25) is 0 Å². The van der Waals surface area contributed by atoms with Crippen molar-refractivity contribution in [3.8, 4) is 0 Å². The molecule has 0 bridgehead atoms. The van der Waals surface area contributed by atoms with Crippen LogP contribution in [0.25, 0.3) is 22.0 Å². The summed E-state index contributed by atoms with van der Waals surface area (Å²) >= 11 is 0. The van der Waals surface area contributed by atoms with Gasteiger partial charge in [0.1, 0.15) is 0 Å². The molecule has 4 heteroatoms. The number of carbonyl (C=O) groups is 1. The van der Waals surface area contributed by atoms with E-state index in [1.807, 2.05) is 49.4 Å². The van der Waals surface area contributed by atoms with Crippen LogP contribution in [0, 0.1) is 6.92 Å². The van der Waals surface area contributed by atoms with E-state index in [0.717, 1.165) is 39.5 Å². The van der Waals surface area contributed by atoms with Crippen molar-refractivity contribution < 1.29 is 9.21 Å². The van der Waals surface area contributed by atoms with E-state index in [0.29, 0.717) is 11.5 Å². The second-order valence-corrected chi connectivity index (χ2v) is 6.54. The number of nitrogens with zero attached hydrogens (tertiary/aromatic N) is 2. The van der Waals surface area contributed by atoms with Crippen molar-refractivity contribution in [1.82, 2.24) is 4.98 Å². The molecule has 1 amide bonds. The number of pyridine rings is 1. The number of hydrogen-bond donors (Lipinski definition) is 0. The number of fused-ring (bicyclic) bond motifs is 2. The molecule has 2 aromatic carbocycles. The van der Waals surface area contributed by atoms with Crippen LogP contribution in [-0.4, -0.2) is 17.9 Å². The molecule has 4 rings (SSSR count). The summed E-state index contributed by atoms with van der Waals surface area (Å²) in [4.78, 5) is 19.1. The van der Waals surface area contributed by atoms with Gasteiger partial charge in [0.2, 0.25) is 5.71 Å². The first-order valence-corrected chi connectivity index (χ1v) is 8.73. The monoisotopic (exact) mass is 344 g/mol. The Morgan fingerprint density at radius 3 is 2.69 bits per heavy atom. The SMILES string of the molecule is CCc1ccccc1N(C)C(=O)c1cc2cc3ccc(C)cc3nc2o1. The van der Waals surface area contributed by atoms with Crippen LogP contribution < -0.4 is 4.90 Å². The van der Waals surface area contributed by atoms with E-state index >= 15 is 0 Å². The number of rotatable bonds is 3. The largest absolute Gasteiger partial charge is 0.433 e. The molecule has 0 unspecified atom stereocenters. The predicted molar refractivity (Wildman–Crippen MR) is 105 cm³/mol. The summed E-state index contributed by atoms with van der Waals surface area (Å²) in [6, 6.07) is 17.8. The molecule has 26 heavy (non-hydrogen) atoms. The molecule has 4 aromatic rings. The second-order valence-electron chi connectivity index (χ2n) is 6.54. The minimum absolute atomic E-state index is 0.177. The van der Waals surface area contributed by atoms with Gasteiger partial charge in [0.15, 0.2) is 5.76 Å². The molecule has 0 aliphatic carbocycles. The molecule has 2 aromatic heterocycles. The number of benzene rings is 2. The first-order chi connectivity index (χ1) is 12.6. The topological polar surface area (TPSA) is 46.3 Å². The Kier molecular flexibility index (Phi) is 3.96. The molecular formula is C22H20N2O2. The van der Waals surface area contributed by atoms with Gasteiger partial charge < -0.3 is 9.32 Å². The van der Waals surface area contributed by atoms with Crippen molar-refractivity contribution in [2.24, 2.45) is 0 Å². The maximum Gasteiger partial charge on any atom is 0.293 e. The van der Waals surface area contributed by atoms with Crippen LogP contribution in [0.15, 0.2) is 59.0 Å². The third kappa shape index (κ3) is 2.73. The third-order valence-electron chi connectivity index (χ3n) is 4.71. The van der Waals surface area contributed by atoms with Crippen molar-refractivity contribution in [3.05, 3.63) is 71.5 Å². The maximum absolute atomic E-state index is 12.9. The van der Waals surface area contributed by atoms with Crippen LogP contribution in [0.5, 0.6) is 0 Å². The van der Waals surface area contributed by atoms with Crippen molar-refractivity contribution in [2.75, 3.05) is 11.9 Å². The number of aryl methyl sites for hydroxylation is 2. The number of para-hydroxylation sites is 1. The molecule has 0 fully saturated rings. The van der Waals surface area contributed by atoms with Crippen LogP contribution in [-0.2, 0) is 6.42 Å². The summed E-state index contributed by atoms with van der Waals surface area (Å²) in [6.45, 7) is 4.11. The summed E-state index contributed by atoms with van der Waals surface area (Å²) in [5.74, 6) is 0.122. The van der Waals surface area contributed by atoms with Gasteiger partial charge in [-0.15, -0.1) is 0 Å². The van der Waals surface area contributed by atoms with E-state index in [9.17, 15) is 4.79 Å². The number of carbonyl (C=O) groups excluding carboxylic acids is 1. The molecule has 0 aliphatic heterocycles. The van der Waals surface area contributed by atoms with Crippen LogP contribution in [0.3, 0.4) is 0 Å².